The summed E-state index contributed by atoms with van der Waals surface area (Å²) in [5.41, 5.74) is 0.330. The summed E-state index contributed by atoms with van der Waals surface area (Å²) in [4.78, 5) is 36.7. The normalized spacial score (nSPS) is 12.3. The second-order valence-electron chi connectivity index (χ2n) is 6.80. The molecule has 0 aromatic heterocycles. The Morgan fingerprint density at radius 1 is 1.17 bits per heavy atom. The van der Waals surface area contributed by atoms with Crippen LogP contribution in [0.25, 0.3) is 0 Å². The van der Waals surface area contributed by atoms with Gasteiger partial charge in [0, 0.05) is 31.8 Å². The first-order valence-corrected chi connectivity index (χ1v) is 7.93. The lowest BCUT2D eigenvalue weighted by Gasteiger charge is -2.25. The van der Waals surface area contributed by atoms with Crippen LogP contribution >= 0.6 is 0 Å². The lowest BCUT2D eigenvalue weighted by molar-refractivity contribution is -0.149. The first-order valence-electron chi connectivity index (χ1n) is 7.93. The summed E-state index contributed by atoms with van der Waals surface area (Å²) < 4.78 is 0. The van der Waals surface area contributed by atoms with E-state index in [2.05, 4.69) is 5.32 Å². The molecule has 132 valence electrons. The molecule has 0 heterocycles. The number of likely N-dealkylation sites (N-methyl/N-ethyl adjacent to an activating group) is 1. The van der Waals surface area contributed by atoms with E-state index in [9.17, 15) is 19.5 Å². The van der Waals surface area contributed by atoms with Crippen molar-refractivity contribution in [2.75, 3.05) is 13.6 Å². The van der Waals surface area contributed by atoms with Gasteiger partial charge in [0.15, 0.2) is 0 Å². The highest BCUT2D eigenvalue weighted by atomic mass is 16.4. The Hall–Kier alpha value is -2.37. The average Bonchev–Trinajstić information content (AvgIpc) is 2.51. The van der Waals surface area contributed by atoms with Gasteiger partial charge in [0.1, 0.15) is 6.04 Å². The summed E-state index contributed by atoms with van der Waals surface area (Å²) >= 11 is 0. The molecule has 0 spiro atoms. The topological polar surface area (TPSA) is 86.7 Å². The zero-order chi connectivity index (χ0) is 18.3. The smallest absolute Gasteiger partial charge is 0.326 e. The molecular formula is C18H26N2O4. The van der Waals surface area contributed by atoms with E-state index in [4.69, 9.17) is 0 Å². The Balaban J connectivity index is 2.60. The number of aliphatic carboxylic acids is 1. The van der Waals surface area contributed by atoms with Crippen LogP contribution in [-0.2, 0) is 20.8 Å². The zero-order valence-corrected chi connectivity index (χ0v) is 14.7. The predicted octanol–water partition coefficient (Wildman–Crippen LogP) is 1.69. The van der Waals surface area contributed by atoms with Gasteiger partial charge < -0.3 is 15.3 Å². The maximum atomic E-state index is 12.2. The number of hydrogen-bond acceptors (Lipinski definition) is 3. The highest BCUT2D eigenvalue weighted by Crippen LogP contribution is 2.13. The third-order valence-corrected chi connectivity index (χ3v) is 3.72. The number of amides is 2. The Morgan fingerprint density at radius 3 is 2.25 bits per heavy atom. The first kappa shape index (κ1) is 19.7. The monoisotopic (exact) mass is 334 g/mol. The van der Waals surface area contributed by atoms with Crippen molar-refractivity contribution in [2.45, 2.75) is 39.7 Å². The summed E-state index contributed by atoms with van der Waals surface area (Å²) in [6.07, 6.45) is 0.309. The number of nitrogens with one attached hydrogen (secondary N) is 1. The molecule has 1 aromatic rings. The summed E-state index contributed by atoms with van der Waals surface area (Å²) in [6, 6.07) is 8.25. The van der Waals surface area contributed by atoms with Crippen molar-refractivity contribution in [1.29, 1.82) is 0 Å². The Bertz CT molecular complexity index is 578. The number of hydrogen-bond donors (Lipinski definition) is 2. The second-order valence-corrected chi connectivity index (χ2v) is 6.80. The lowest BCUT2D eigenvalue weighted by atomic mass is 9.96. The fourth-order valence-electron chi connectivity index (χ4n) is 2.13. The van der Waals surface area contributed by atoms with Crippen molar-refractivity contribution >= 4 is 17.8 Å². The van der Waals surface area contributed by atoms with Gasteiger partial charge in [-0.3, -0.25) is 9.59 Å². The molecule has 1 aromatic carbocycles. The quantitative estimate of drug-likeness (QED) is 0.794. The first-order chi connectivity index (χ1) is 11.1. The highest BCUT2D eigenvalue weighted by Gasteiger charge is 2.27. The molecule has 0 radical (unpaired) electrons. The van der Waals surface area contributed by atoms with Crippen LogP contribution < -0.4 is 5.32 Å². The lowest BCUT2D eigenvalue weighted by Crippen LogP contribution is -2.45. The minimum Gasteiger partial charge on any atom is -0.480 e. The van der Waals surface area contributed by atoms with E-state index in [0.29, 0.717) is 0 Å². The van der Waals surface area contributed by atoms with E-state index >= 15 is 0 Å². The van der Waals surface area contributed by atoms with Crippen LogP contribution in [-0.4, -0.2) is 47.4 Å². The van der Waals surface area contributed by atoms with Gasteiger partial charge in [-0.1, -0.05) is 51.1 Å². The summed E-state index contributed by atoms with van der Waals surface area (Å²) in [6.45, 7) is 5.56. The van der Waals surface area contributed by atoms with Crippen molar-refractivity contribution in [3.05, 3.63) is 35.9 Å². The van der Waals surface area contributed by atoms with Crippen molar-refractivity contribution in [2.24, 2.45) is 5.41 Å². The van der Waals surface area contributed by atoms with Crippen LogP contribution in [0.4, 0.5) is 0 Å². The van der Waals surface area contributed by atoms with Crippen molar-refractivity contribution in [3.8, 4) is 0 Å². The molecule has 2 N–H and O–H groups in total. The second kappa shape index (κ2) is 8.47. The van der Waals surface area contributed by atoms with Gasteiger partial charge in [0.05, 0.1) is 0 Å². The van der Waals surface area contributed by atoms with Crippen LogP contribution in [0.1, 0.15) is 32.8 Å². The molecule has 0 bridgehead atoms. The van der Waals surface area contributed by atoms with Crippen LogP contribution in [0.5, 0.6) is 0 Å². The standard InChI is InChI=1S/C18H26N2O4/c1-18(2,3)17(24)19-11-10-15(21)20(4)14(16(22)23)12-13-8-6-5-7-9-13/h5-9,14H,10-12H2,1-4H3,(H,19,24)(H,22,23). The van der Waals surface area contributed by atoms with E-state index in [1.54, 1.807) is 20.8 Å². The zero-order valence-electron chi connectivity index (χ0n) is 14.7. The molecule has 6 heteroatoms. The van der Waals surface area contributed by atoms with Crippen LogP contribution in [0.15, 0.2) is 30.3 Å². The van der Waals surface area contributed by atoms with Gasteiger partial charge in [0.25, 0.3) is 0 Å². The largest absolute Gasteiger partial charge is 0.480 e. The number of carboxylic acids is 1. The van der Waals surface area contributed by atoms with Gasteiger partial charge in [-0.2, -0.15) is 0 Å². The molecule has 6 nitrogen and oxygen atoms in total. The van der Waals surface area contributed by atoms with Crippen LogP contribution in [0.3, 0.4) is 0 Å². The van der Waals surface area contributed by atoms with Crippen LogP contribution in [0.2, 0.25) is 0 Å². The number of carbonyl (C=O) groups excluding carboxylic acids is 2. The third-order valence-electron chi connectivity index (χ3n) is 3.72. The molecule has 24 heavy (non-hydrogen) atoms. The maximum absolute atomic E-state index is 12.2. The van der Waals surface area contributed by atoms with E-state index in [-0.39, 0.29) is 31.2 Å². The van der Waals surface area contributed by atoms with Gasteiger partial charge in [-0.05, 0) is 5.56 Å². The molecule has 1 rings (SSSR count). The predicted molar refractivity (Wildman–Crippen MR) is 91.4 cm³/mol. The third kappa shape index (κ3) is 6.02. The molecule has 0 saturated heterocycles. The molecule has 1 unspecified atom stereocenters. The van der Waals surface area contributed by atoms with Crippen molar-refractivity contribution in [1.82, 2.24) is 10.2 Å². The minimum atomic E-state index is -1.05. The number of carbonyl (C=O) groups is 3. The SMILES string of the molecule is CN(C(=O)CCNC(=O)C(C)(C)C)C(Cc1ccccc1)C(=O)O. The number of benzene rings is 1. The Morgan fingerprint density at radius 2 is 1.75 bits per heavy atom. The van der Waals surface area contributed by atoms with Gasteiger partial charge in [0.2, 0.25) is 11.8 Å². The summed E-state index contributed by atoms with van der Waals surface area (Å²) in [5.74, 6) is -1.50. The molecule has 0 saturated carbocycles. The molecule has 0 aliphatic heterocycles. The van der Waals surface area contributed by atoms with Crippen molar-refractivity contribution in [3.63, 3.8) is 0 Å². The molecular weight excluding hydrogens is 308 g/mol. The summed E-state index contributed by atoms with van der Waals surface area (Å²) in [7, 11) is 1.48. The Labute approximate surface area is 142 Å². The van der Waals surface area contributed by atoms with Crippen LogP contribution in [0, 0.1) is 5.41 Å². The maximum Gasteiger partial charge on any atom is 0.326 e. The van der Waals surface area contributed by atoms with Gasteiger partial charge in [-0.15, -0.1) is 0 Å². The average molecular weight is 334 g/mol. The van der Waals surface area contributed by atoms with E-state index in [1.165, 1.54) is 11.9 Å². The van der Waals surface area contributed by atoms with Gasteiger partial charge in [-0.25, -0.2) is 4.79 Å². The molecule has 0 aliphatic carbocycles. The molecule has 1 atom stereocenters. The number of rotatable bonds is 7. The highest BCUT2D eigenvalue weighted by molar-refractivity contribution is 5.85. The molecule has 0 fully saturated rings. The van der Waals surface area contributed by atoms with E-state index in [0.717, 1.165) is 5.56 Å². The number of nitrogens with zero attached hydrogens (tertiary/aromatic N) is 1. The minimum absolute atomic E-state index is 0.0664. The fraction of sp³-hybridized carbons (Fsp3) is 0.500. The Kier molecular flexibility index (Phi) is 6.95. The summed E-state index contributed by atoms with van der Waals surface area (Å²) in [5, 5.41) is 12.1. The van der Waals surface area contributed by atoms with E-state index in [1.807, 2.05) is 30.3 Å². The molecule has 2 amide bonds. The van der Waals surface area contributed by atoms with Crippen molar-refractivity contribution < 1.29 is 19.5 Å². The number of carboxylic acid groups (broad SMARTS) is 1. The molecule has 0 aliphatic rings. The van der Waals surface area contributed by atoms with Gasteiger partial charge >= 0.3 is 5.97 Å². The fourth-order valence-corrected chi connectivity index (χ4v) is 2.13. The van der Waals surface area contributed by atoms with E-state index < -0.39 is 17.4 Å².